The Morgan fingerprint density at radius 1 is 0.243 bits per heavy atom. The van der Waals surface area contributed by atoms with Gasteiger partial charge in [0, 0.05) is 83.3 Å². The maximum absolute atomic E-state index is 6.71. The Balaban J connectivity index is 0.850. The molecule has 70 heavy (non-hydrogen) atoms. The van der Waals surface area contributed by atoms with Crippen LogP contribution in [0.25, 0.3) is 144 Å². The predicted octanol–water partition coefficient (Wildman–Crippen LogP) is 16.5. The lowest BCUT2D eigenvalue weighted by atomic mass is 10.00. The zero-order valence-electron chi connectivity index (χ0n) is 37.4. The summed E-state index contributed by atoms with van der Waals surface area (Å²) in [6.07, 6.45) is 0. The number of fused-ring (bicyclic) bond motifs is 12. The Morgan fingerprint density at radius 2 is 0.657 bits per heavy atom. The van der Waals surface area contributed by atoms with Gasteiger partial charge in [-0.3, -0.25) is 0 Å². The van der Waals surface area contributed by atoms with Crippen LogP contribution in [0.1, 0.15) is 0 Å². The van der Waals surface area contributed by atoms with Crippen LogP contribution in [-0.4, -0.2) is 24.1 Å². The zero-order valence-corrected chi connectivity index (χ0v) is 37.4. The van der Waals surface area contributed by atoms with Crippen LogP contribution in [-0.2, 0) is 0 Å². The number of furan rings is 2. The Bertz CT molecular complexity index is 4510. The Hall–Kier alpha value is -9.59. The zero-order chi connectivity index (χ0) is 45.9. The summed E-state index contributed by atoms with van der Waals surface area (Å²) in [5, 5.41) is 9.10. The van der Waals surface area contributed by atoms with Crippen LogP contribution in [0.4, 0.5) is 0 Å². The van der Waals surface area contributed by atoms with Crippen molar-refractivity contribution in [3.8, 4) is 56.7 Å². The minimum Gasteiger partial charge on any atom is -0.456 e. The average Bonchev–Trinajstić information content (AvgIpc) is 4.17. The van der Waals surface area contributed by atoms with Crippen molar-refractivity contribution < 1.29 is 8.83 Å². The van der Waals surface area contributed by atoms with Gasteiger partial charge in [0.15, 0.2) is 17.5 Å². The monoisotopic (exact) mass is 895 g/mol. The van der Waals surface area contributed by atoms with Crippen molar-refractivity contribution >= 4 is 87.5 Å². The SMILES string of the molecule is c1ccc(-c2nc(-c3ccccc3)nc(-c3ccc(-n4c5ccccc5c5cc6c(cc54)oc4ccc(-c5ccc7c(c5)c5cc8c(cc5n7-c5ccccc5)oc5ccccc58)cc46)cc3)n2)cc1. The highest BCUT2D eigenvalue weighted by Gasteiger charge is 2.20. The van der Waals surface area contributed by atoms with Gasteiger partial charge in [-0.25, -0.2) is 15.0 Å². The molecule has 0 unspecified atom stereocenters. The number of nitrogens with zero attached hydrogens (tertiary/aromatic N) is 5. The van der Waals surface area contributed by atoms with E-state index < -0.39 is 0 Å². The number of benzene rings is 10. The molecular weight excluding hydrogens is 859 g/mol. The molecule has 326 valence electrons. The molecule has 5 aromatic heterocycles. The lowest BCUT2D eigenvalue weighted by Crippen LogP contribution is -2.00. The normalized spacial score (nSPS) is 12.0. The van der Waals surface area contributed by atoms with E-state index in [1.54, 1.807) is 0 Å². The van der Waals surface area contributed by atoms with Crippen molar-refractivity contribution in [1.29, 1.82) is 0 Å². The Morgan fingerprint density at radius 3 is 1.30 bits per heavy atom. The van der Waals surface area contributed by atoms with Gasteiger partial charge in [-0.05, 0) is 96.1 Å². The van der Waals surface area contributed by atoms with Gasteiger partial charge in [-0.2, -0.15) is 0 Å². The van der Waals surface area contributed by atoms with Gasteiger partial charge in [0.25, 0.3) is 0 Å². The van der Waals surface area contributed by atoms with Crippen LogP contribution < -0.4 is 0 Å². The standard InChI is InChI=1S/C63H37N5O2/c1-4-14-38(15-5-1)61-64-62(39-16-6-2-7-17-39)66-63(65-61)40-24-28-44(29-25-40)68-53-22-12-10-20-45(53)48-34-52-50-33-42(27-31-58(50)70-60(52)36-55(48)68)41-26-30-54-47(32-41)49-35-51-46-21-11-13-23-57(46)69-59(51)37-56(49)67(54)43-18-8-3-9-19-43/h1-37H. The summed E-state index contributed by atoms with van der Waals surface area (Å²) in [6.45, 7) is 0. The number of hydrogen-bond acceptors (Lipinski definition) is 5. The number of para-hydroxylation sites is 3. The van der Waals surface area contributed by atoms with Crippen molar-refractivity contribution in [2.75, 3.05) is 0 Å². The first-order valence-corrected chi connectivity index (χ1v) is 23.5. The van der Waals surface area contributed by atoms with Crippen molar-refractivity contribution in [2.45, 2.75) is 0 Å². The maximum atomic E-state index is 6.71. The molecule has 15 rings (SSSR count). The van der Waals surface area contributed by atoms with Crippen LogP contribution in [0, 0.1) is 0 Å². The van der Waals surface area contributed by atoms with E-state index in [1.165, 1.54) is 16.2 Å². The third-order valence-corrected chi connectivity index (χ3v) is 14.0. The van der Waals surface area contributed by atoms with E-state index in [-0.39, 0.29) is 0 Å². The van der Waals surface area contributed by atoms with Gasteiger partial charge in [-0.15, -0.1) is 0 Å². The fraction of sp³-hybridized carbons (Fsp3) is 0. The van der Waals surface area contributed by atoms with Crippen molar-refractivity contribution in [3.05, 3.63) is 224 Å². The van der Waals surface area contributed by atoms with E-state index in [4.69, 9.17) is 23.8 Å². The molecule has 10 aromatic carbocycles. The van der Waals surface area contributed by atoms with Gasteiger partial charge < -0.3 is 18.0 Å². The van der Waals surface area contributed by atoms with Crippen molar-refractivity contribution in [2.24, 2.45) is 0 Å². The van der Waals surface area contributed by atoms with E-state index in [0.29, 0.717) is 17.5 Å². The molecular formula is C63H37N5O2. The molecule has 0 saturated heterocycles. The summed E-state index contributed by atoms with van der Waals surface area (Å²) in [7, 11) is 0. The van der Waals surface area contributed by atoms with Crippen LogP contribution in [0.2, 0.25) is 0 Å². The summed E-state index contributed by atoms with van der Waals surface area (Å²) in [5.74, 6) is 1.89. The largest absolute Gasteiger partial charge is 0.456 e. The van der Waals surface area contributed by atoms with Crippen molar-refractivity contribution in [1.82, 2.24) is 24.1 Å². The summed E-state index contributed by atoms with van der Waals surface area (Å²) in [4.78, 5) is 14.9. The number of hydrogen-bond donors (Lipinski definition) is 0. The van der Waals surface area contributed by atoms with Crippen LogP contribution in [0.5, 0.6) is 0 Å². The third kappa shape index (κ3) is 5.91. The number of aromatic nitrogens is 5. The molecule has 0 fully saturated rings. The van der Waals surface area contributed by atoms with Crippen molar-refractivity contribution in [3.63, 3.8) is 0 Å². The second-order valence-electron chi connectivity index (χ2n) is 18.0. The van der Waals surface area contributed by atoms with E-state index in [0.717, 1.165) is 111 Å². The first-order valence-electron chi connectivity index (χ1n) is 23.5. The summed E-state index contributed by atoms with van der Waals surface area (Å²) in [6, 6.07) is 78.6. The first kappa shape index (κ1) is 38.5. The molecule has 0 radical (unpaired) electrons. The van der Waals surface area contributed by atoms with Gasteiger partial charge in [0.05, 0.1) is 22.1 Å². The van der Waals surface area contributed by atoms with E-state index in [1.807, 2.05) is 72.8 Å². The molecule has 15 aromatic rings. The molecule has 7 nitrogen and oxygen atoms in total. The molecule has 0 N–H and O–H groups in total. The predicted molar refractivity (Wildman–Crippen MR) is 285 cm³/mol. The second-order valence-corrected chi connectivity index (χ2v) is 18.0. The third-order valence-electron chi connectivity index (χ3n) is 14.0. The highest BCUT2D eigenvalue weighted by atomic mass is 16.3. The van der Waals surface area contributed by atoms with Gasteiger partial charge >= 0.3 is 0 Å². The van der Waals surface area contributed by atoms with Crippen LogP contribution >= 0.6 is 0 Å². The average molecular weight is 896 g/mol. The first-order chi connectivity index (χ1) is 34.7. The fourth-order valence-electron chi connectivity index (χ4n) is 10.7. The molecule has 0 amide bonds. The molecule has 0 aliphatic rings. The van der Waals surface area contributed by atoms with E-state index in [2.05, 4.69) is 161 Å². The molecule has 0 aliphatic carbocycles. The van der Waals surface area contributed by atoms with Crippen LogP contribution in [0.3, 0.4) is 0 Å². The lowest BCUT2D eigenvalue weighted by Gasteiger charge is -2.10. The number of rotatable bonds is 6. The van der Waals surface area contributed by atoms with Gasteiger partial charge in [0.1, 0.15) is 22.3 Å². The smallest absolute Gasteiger partial charge is 0.164 e. The van der Waals surface area contributed by atoms with Gasteiger partial charge in [0.2, 0.25) is 0 Å². The summed E-state index contributed by atoms with van der Waals surface area (Å²) < 4.78 is 17.8. The Kier molecular flexibility index (Phi) is 8.23. The molecule has 0 atom stereocenters. The van der Waals surface area contributed by atoms with E-state index >= 15 is 0 Å². The van der Waals surface area contributed by atoms with E-state index in [9.17, 15) is 0 Å². The van der Waals surface area contributed by atoms with Gasteiger partial charge in [-0.1, -0.05) is 127 Å². The quantitative estimate of drug-likeness (QED) is 0.166. The molecule has 0 saturated carbocycles. The molecule has 0 bridgehead atoms. The maximum Gasteiger partial charge on any atom is 0.164 e. The van der Waals surface area contributed by atoms with Crippen LogP contribution in [0.15, 0.2) is 233 Å². The summed E-state index contributed by atoms with van der Waals surface area (Å²) >= 11 is 0. The Labute approximate surface area is 399 Å². The fourth-order valence-corrected chi connectivity index (χ4v) is 10.7. The minimum atomic E-state index is 0.619. The summed E-state index contributed by atoms with van der Waals surface area (Å²) in [5.41, 5.74) is 15.1. The molecule has 0 spiro atoms. The lowest BCUT2D eigenvalue weighted by molar-refractivity contribution is 0.669. The highest BCUT2D eigenvalue weighted by molar-refractivity contribution is 6.19. The minimum absolute atomic E-state index is 0.619. The topological polar surface area (TPSA) is 74.8 Å². The molecule has 5 heterocycles. The second kappa shape index (κ2) is 15.0. The highest BCUT2D eigenvalue weighted by Crippen LogP contribution is 2.43. The molecule has 0 aliphatic heterocycles. The molecule has 7 heteroatoms.